The maximum atomic E-state index is 13.1. The number of nitrogens with zero attached hydrogens (tertiary/aromatic N) is 5. The topological polar surface area (TPSA) is 119 Å². The van der Waals surface area contributed by atoms with Crippen molar-refractivity contribution >= 4 is 32.7 Å². The minimum absolute atomic E-state index is 0.0399. The molecular formula is C22H28N6O4S. The molecule has 1 N–H and O–H groups in total. The molecule has 10 nitrogen and oxygen atoms in total. The Morgan fingerprint density at radius 3 is 2.48 bits per heavy atom. The molecule has 33 heavy (non-hydrogen) atoms. The molecule has 0 aliphatic carbocycles. The molecule has 0 spiro atoms. The second-order valence-corrected chi connectivity index (χ2v) is 10.4. The molecule has 1 fully saturated rings. The number of hydrogen-bond acceptors (Lipinski definition) is 6. The fraction of sp³-hybridized carbons (Fsp3) is 0.455. The van der Waals surface area contributed by atoms with Crippen molar-refractivity contribution in [2.75, 3.05) is 5.32 Å². The largest absolute Gasteiger partial charge is 0.326 e. The molecule has 3 heterocycles. The van der Waals surface area contributed by atoms with Crippen LogP contribution in [0.25, 0.3) is 11.0 Å². The van der Waals surface area contributed by atoms with E-state index in [2.05, 4.69) is 15.4 Å². The number of anilines is 1. The highest BCUT2D eigenvalue weighted by Crippen LogP contribution is 2.29. The first-order valence-electron chi connectivity index (χ1n) is 11.0. The number of carbonyl (C=O) groups excluding carboxylic acids is 1. The van der Waals surface area contributed by atoms with Crippen LogP contribution in [0.2, 0.25) is 0 Å². The number of benzene rings is 1. The number of rotatable bonds is 6. The van der Waals surface area contributed by atoms with Crippen LogP contribution in [-0.4, -0.2) is 50.0 Å². The van der Waals surface area contributed by atoms with Crippen LogP contribution in [0.1, 0.15) is 39.5 Å². The molecule has 1 aliphatic rings. The Bertz CT molecular complexity index is 1320. The minimum Gasteiger partial charge on any atom is -0.326 e. The van der Waals surface area contributed by atoms with Crippen LogP contribution in [0.3, 0.4) is 0 Å². The number of amides is 1. The van der Waals surface area contributed by atoms with E-state index < -0.39 is 10.0 Å². The fourth-order valence-electron chi connectivity index (χ4n) is 4.37. The zero-order chi connectivity index (χ0) is 23.8. The molecule has 11 heteroatoms. The molecule has 0 saturated carbocycles. The number of aryl methyl sites for hydroxylation is 2. The van der Waals surface area contributed by atoms with Crippen LogP contribution in [0.4, 0.5) is 5.69 Å². The van der Waals surface area contributed by atoms with Crippen LogP contribution in [-0.2, 0) is 28.4 Å². The standard InChI is InChI=1S/C22H28N6O4S/c1-15-5-4-6-16(2)28(15)33(31,32)18-9-7-17(8-10-18)25-20(29)11-12-27-14-23-21-19(22(27)30)13-24-26(21)3/h7-10,13-16H,4-6,11-12H2,1-3H3,(H,25,29). The second kappa shape index (κ2) is 9.06. The van der Waals surface area contributed by atoms with Gasteiger partial charge in [-0.25, -0.2) is 13.4 Å². The van der Waals surface area contributed by atoms with E-state index in [9.17, 15) is 18.0 Å². The fourth-order valence-corrected chi connectivity index (χ4v) is 6.26. The highest BCUT2D eigenvalue weighted by Gasteiger charge is 2.35. The Morgan fingerprint density at radius 1 is 1.15 bits per heavy atom. The van der Waals surface area contributed by atoms with Crippen molar-refractivity contribution in [2.24, 2.45) is 7.05 Å². The summed E-state index contributed by atoms with van der Waals surface area (Å²) in [4.78, 5) is 29.3. The molecule has 3 aromatic rings. The Morgan fingerprint density at radius 2 is 1.82 bits per heavy atom. The first kappa shape index (κ1) is 23.1. The monoisotopic (exact) mass is 472 g/mol. The van der Waals surface area contributed by atoms with Crippen LogP contribution in [0.15, 0.2) is 46.5 Å². The van der Waals surface area contributed by atoms with Gasteiger partial charge in [-0.2, -0.15) is 9.40 Å². The number of nitrogens with one attached hydrogen (secondary N) is 1. The molecule has 2 atom stereocenters. The van der Waals surface area contributed by atoms with Crippen molar-refractivity contribution in [3.8, 4) is 0 Å². The molecule has 0 bridgehead atoms. The first-order chi connectivity index (χ1) is 15.7. The first-order valence-corrected chi connectivity index (χ1v) is 12.4. The van der Waals surface area contributed by atoms with Gasteiger partial charge in [0.05, 0.1) is 17.4 Å². The summed E-state index contributed by atoms with van der Waals surface area (Å²) in [7, 11) is -1.90. The van der Waals surface area contributed by atoms with Gasteiger partial charge in [-0.05, 0) is 51.0 Å². The lowest BCUT2D eigenvalue weighted by atomic mass is 10.0. The van der Waals surface area contributed by atoms with Gasteiger partial charge in [-0.1, -0.05) is 6.42 Å². The summed E-state index contributed by atoms with van der Waals surface area (Å²) in [5.41, 5.74) is 0.729. The number of sulfonamides is 1. The Labute approximate surface area is 192 Å². The third-order valence-electron chi connectivity index (χ3n) is 6.12. The van der Waals surface area contributed by atoms with E-state index in [1.54, 1.807) is 23.5 Å². The van der Waals surface area contributed by atoms with Crippen molar-refractivity contribution in [2.45, 2.75) is 63.1 Å². The summed E-state index contributed by atoms with van der Waals surface area (Å²) < 4.78 is 30.7. The molecule has 176 valence electrons. The molecule has 0 radical (unpaired) electrons. The van der Waals surface area contributed by atoms with Gasteiger partial charge in [-0.3, -0.25) is 18.8 Å². The number of carbonyl (C=O) groups is 1. The number of aromatic nitrogens is 4. The summed E-state index contributed by atoms with van der Waals surface area (Å²) in [6.45, 7) is 4.04. The number of piperidine rings is 1. The number of fused-ring (bicyclic) bond motifs is 1. The average Bonchev–Trinajstić information content (AvgIpc) is 3.15. The normalized spacial score (nSPS) is 19.6. The Kier molecular flexibility index (Phi) is 6.35. The van der Waals surface area contributed by atoms with E-state index >= 15 is 0 Å². The van der Waals surface area contributed by atoms with E-state index in [0.29, 0.717) is 16.7 Å². The predicted molar refractivity (Wildman–Crippen MR) is 124 cm³/mol. The highest BCUT2D eigenvalue weighted by atomic mass is 32.2. The van der Waals surface area contributed by atoms with Crippen molar-refractivity contribution < 1.29 is 13.2 Å². The van der Waals surface area contributed by atoms with E-state index in [-0.39, 0.29) is 41.4 Å². The zero-order valence-electron chi connectivity index (χ0n) is 18.9. The number of hydrogen-bond donors (Lipinski definition) is 1. The molecule has 1 aliphatic heterocycles. The van der Waals surface area contributed by atoms with Gasteiger partial charge in [0.2, 0.25) is 15.9 Å². The van der Waals surface area contributed by atoms with Crippen molar-refractivity contribution in [1.29, 1.82) is 0 Å². The van der Waals surface area contributed by atoms with E-state index in [1.165, 1.54) is 33.9 Å². The lowest BCUT2D eigenvalue weighted by Gasteiger charge is -2.37. The average molecular weight is 473 g/mol. The van der Waals surface area contributed by atoms with Gasteiger partial charge >= 0.3 is 0 Å². The van der Waals surface area contributed by atoms with Gasteiger partial charge < -0.3 is 5.32 Å². The SMILES string of the molecule is CC1CCCC(C)N1S(=O)(=O)c1ccc(NC(=O)CCn2cnc3c(cnn3C)c2=O)cc1. The van der Waals surface area contributed by atoms with E-state index in [4.69, 9.17) is 0 Å². The lowest BCUT2D eigenvalue weighted by Crippen LogP contribution is -2.47. The second-order valence-electron chi connectivity index (χ2n) is 8.54. The summed E-state index contributed by atoms with van der Waals surface area (Å²) in [5, 5.41) is 7.17. The molecule has 1 amide bonds. The Hall–Kier alpha value is -3.05. The molecular weight excluding hydrogens is 444 g/mol. The molecule has 2 unspecified atom stereocenters. The van der Waals surface area contributed by atoms with Crippen LogP contribution < -0.4 is 10.9 Å². The summed E-state index contributed by atoms with van der Waals surface area (Å²) >= 11 is 0. The molecule has 1 saturated heterocycles. The van der Waals surface area contributed by atoms with Gasteiger partial charge in [0, 0.05) is 37.8 Å². The third kappa shape index (κ3) is 4.55. The van der Waals surface area contributed by atoms with Crippen LogP contribution in [0.5, 0.6) is 0 Å². The summed E-state index contributed by atoms with van der Waals surface area (Å²) in [6, 6.07) is 6.12. The maximum absolute atomic E-state index is 13.1. The minimum atomic E-state index is -3.60. The molecule has 2 aromatic heterocycles. The molecule has 1 aromatic carbocycles. The van der Waals surface area contributed by atoms with Gasteiger partial charge in [0.15, 0.2) is 5.65 Å². The highest BCUT2D eigenvalue weighted by molar-refractivity contribution is 7.89. The predicted octanol–water partition coefficient (Wildman–Crippen LogP) is 2.11. The van der Waals surface area contributed by atoms with Gasteiger partial charge in [0.25, 0.3) is 5.56 Å². The quantitative estimate of drug-likeness (QED) is 0.587. The van der Waals surface area contributed by atoms with Gasteiger partial charge in [0.1, 0.15) is 5.39 Å². The third-order valence-corrected chi connectivity index (χ3v) is 8.27. The maximum Gasteiger partial charge on any atom is 0.264 e. The summed E-state index contributed by atoms with van der Waals surface area (Å²) in [6.07, 6.45) is 5.66. The lowest BCUT2D eigenvalue weighted by molar-refractivity contribution is -0.116. The van der Waals surface area contributed by atoms with Crippen LogP contribution in [0, 0.1) is 0 Å². The van der Waals surface area contributed by atoms with E-state index in [0.717, 1.165) is 19.3 Å². The zero-order valence-corrected chi connectivity index (χ0v) is 19.7. The smallest absolute Gasteiger partial charge is 0.264 e. The van der Waals surface area contributed by atoms with Crippen molar-refractivity contribution in [1.82, 2.24) is 23.6 Å². The summed E-state index contributed by atoms with van der Waals surface area (Å²) in [5.74, 6) is -0.290. The van der Waals surface area contributed by atoms with Crippen molar-refractivity contribution in [3.05, 3.63) is 47.1 Å². The van der Waals surface area contributed by atoms with E-state index in [1.807, 2.05) is 13.8 Å². The van der Waals surface area contributed by atoms with Crippen LogP contribution >= 0.6 is 0 Å². The Balaban J connectivity index is 1.40. The molecule has 4 rings (SSSR count). The van der Waals surface area contributed by atoms with Gasteiger partial charge in [-0.15, -0.1) is 0 Å². The van der Waals surface area contributed by atoms with Crippen molar-refractivity contribution in [3.63, 3.8) is 0 Å².